The summed E-state index contributed by atoms with van der Waals surface area (Å²) < 4.78 is 11.1. The highest BCUT2D eigenvalue weighted by atomic mass is 16.7. The first kappa shape index (κ1) is 18.1. The maximum atomic E-state index is 12.4. The minimum absolute atomic E-state index is 0.225. The molecule has 6 heteroatoms. The van der Waals surface area contributed by atoms with Crippen molar-refractivity contribution in [1.29, 1.82) is 0 Å². The molecule has 2 aromatic heterocycles. The van der Waals surface area contributed by atoms with E-state index in [0.717, 1.165) is 48.4 Å². The van der Waals surface area contributed by atoms with Crippen LogP contribution in [-0.4, -0.2) is 39.9 Å². The molecule has 1 aromatic carbocycles. The molecular formula is C23H23N3O3. The molecule has 148 valence electrons. The molecule has 1 saturated heterocycles. The zero-order chi connectivity index (χ0) is 19.7. The van der Waals surface area contributed by atoms with Gasteiger partial charge in [0.25, 0.3) is 0 Å². The molecule has 2 aliphatic heterocycles. The number of hydrogen-bond acceptors (Lipinski definition) is 6. The number of pyridine rings is 2. The van der Waals surface area contributed by atoms with Gasteiger partial charge in [0.2, 0.25) is 6.79 Å². The number of nitrogens with zero attached hydrogens (tertiary/aromatic N) is 3. The van der Waals surface area contributed by atoms with Crippen molar-refractivity contribution >= 4 is 0 Å². The second-order valence-electron chi connectivity index (χ2n) is 7.51. The Kier molecular flexibility index (Phi) is 4.66. The largest absolute Gasteiger partial charge is 0.454 e. The minimum Gasteiger partial charge on any atom is -0.454 e. The van der Waals surface area contributed by atoms with Gasteiger partial charge in [-0.15, -0.1) is 0 Å². The van der Waals surface area contributed by atoms with Gasteiger partial charge in [-0.2, -0.15) is 0 Å². The van der Waals surface area contributed by atoms with Crippen LogP contribution >= 0.6 is 0 Å². The molecule has 4 heterocycles. The van der Waals surface area contributed by atoms with Crippen LogP contribution in [0.1, 0.15) is 35.6 Å². The van der Waals surface area contributed by atoms with Gasteiger partial charge >= 0.3 is 0 Å². The van der Waals surface area contributed by atoms with Crippen molar-refractivity contribution in [3.8, 4) is 11.5 Å². The van der Waals surface area contributed by atoms with Crippen molar-refractivity contribution in [2.45, 2.75) is 24.5 Å². The van der Waals surface area contributed by atoms with Crippen molar-refractivity contribution in [2.24, 2.45) is 0 Å². The van der Waals surface area contributed by atoms with Gasteiger partial charge in [0.1, 0.15) is 5.60 Å². The lowest BCUT2D eigenvalue weighted by atomic mass is 9.77. The maximum absolute atomic E-state index is 12.4. The molecule has 1 fully saturated rings. The molecular weight excluding hydrogens is 366 g/mol. The molecule has 29 heavy (non-hydrogen) atoms. The van der Waals surface area contributed by atoms with E-state index in [4.69, 9.17) is 9.47 Å². The van der Waals surface area contributed by atoms with Crippen LogP contribution in [0.5, 0.6) is 11.5 Å². The second kappa shape index (κ2) is 7.46. The van der Waals surface area contributed by atoms with E-state index in [1.165, 1.54) is 0 Å². The number of aliphatic hydroxyl groups is 1. The first-order valence-corrected chi connectivity index (χ1v) is 9.94. The predicted octanol–water partition coefficient (Wildman–Crippen LogP) is 3.28. The zero-order valence-corrected chi connectivity index (χ0v) is 16.1. The van der Waals surface area contributed by atoms with E-state index in [0.29, 0.717) is 5.75 Å². The van der Waals surface area contributed by atoms with Crippen molar-refractivity contribution < 1.29 is 14.6 Å². The fourth-order valence-electron chi connectivity index (χ4n) is 4.46. The van der Waals surface area contributed by atoms with Crippen molar-refractivity contribution in [2.75, 3.05) is 19.9 Å². The van der Waals surface area contributed by atoms with E-state index in [2.05, 4.69) is 14.9 Å². The van der Waals surface area contributed by atoms with E-state index in [1.54, 1.807) is 24.8 Å². The summed E-state index contributed by atoms with van der Waals surface area (Å²) in [6, 6.07) is 13.2. The molecule has 0 saturated carbocycles. The van der Waals surface area contributed by atoms with E-state index < -0.39 is 5.60 Å². The lowest BCUT2D eigenvalue weighted by Gasteiger charge is -2.42. The second-order valence-corrected chi connectivity index (χ2v) is 7.51. The Bertz CT molecular complexity index is 936. The smallest absolute Gasteiger partial charge is 0.231 e. The molecule has 1 atom stereocenters. The maximum Gasteiger partial charge on any atom is 0.231 e. The van der Waals surface area contributed by atoms with Crippen molar-refractivity contribution in [1.82, 2.24) is 14.9 Å². The van der Waals surface area contributed by atoms with Gasteiger partial charge in [0.15, 0.2) is 11.5 Å². The topological polar surface area (TPSA) is 67.7 Å². The molecule has 6 nitrogen and oxygen atoms in total. The summed E-state index contributed by atoms with van der Waals surface area (Å²) in [4.78, 5) is 10.9. The molecule has 1 unspecified atom stereocenters. The third-order valence-electron chi connectivity index (χ3n) is 5.82. The number of ether oxygens (including phenoxy) is 2. The summed E-state index contributed by atoms with van der Waals surface area (Å²) >= 11 is 0. The van der Waals surface area contributed by atoms with Gasteiger partial charge in [-0.3, -0.25) is 14.9 Å². The third kappa shape index (κ3) is 3.14. The number of aromatic nitrogens is 2. The third-order valence-corrected chi connectivity index (χ3v) is 5.82. The van der Waals surface area contributed by atoms with Gasteiger partial charge in [-0.05, 0) is 55.8 Å². The molecule has 0 amide bonds. The number of fused-ring (bicyclic) bond motifs is 1. The van der Waals surface area contributed by atoms with Crippen LogP contribution < -0.4 is 9.47 Å². The summed E-state index contributed by atoms with van der Waals surface area (Å²) in [5, 5.41) is 12.4. The monoisotopic (exact) mass is 389 g/mol. The normalized spacial score (nSPS) is 17.4. The van der Waals surface area contributed by atoms with Crippen LogP contribution in [0.3, 0.4) is 0 Å². The highest BCUT2D eigenvalue weighted by molar-refractivity contribution is 5.48. The summed E-state index contributed by atoms with van der Waals surface area (Å²) in [7, 11) is 0. The molecule has 3 aromatic rings. The zero-order valence-electron chi connectivity index (χ0n) is 16.1. The molecule has 0 bridgehead atoms. The summed E-state index contributed by atoms with van der Waals surface area (Å²) in [5.74, 6) is 1.45. The van der Waals surface area contributed by atoms with Crippen LogP contribution in [0.15, 0.2) is 67.3 Å². The van der Waals surface area contributed by atoms with E-state index in [9.17, 15) is 5.11 Å². The van der Waals surface area contributed by atoms with Crippen molar-refractivity contribution in [3.05, 3.63) is 83.9 Å². The first-order chi connectivity index (χ1) is 14.3. The lowest BCUT2D eigenvalue weighted by molar-refractivity contribution is -0.0153. The van der Waals surface area contributed by atoms with E-state index in [-0.39, 0.29) is 12.8 Å². The summed E-state index contributed by atoms with van der Waals surface area (Å²) in [6.45, 7) is 2.06. The number of rotatable bonds is 5. The van der Waals surface area contributed by atoms with Crippen LogP contribution in [0.4, 0.5) is 0 Å². The van der Waals surface area contributed by atoms with Gasteiger partial charge in [0.05, 0.1) is 6.04 Å². The molecule has 2 aliphatic rings. The average molecular weight is 389 g/mol. The Morgan fingerprint density at radius 3 is 2.17 bits per heavy atom. The molecule has 5 rings (SSSR count). The molecule has 1 N–H and O–H groups in total. The number of hydrogen-bond donors (Lipinski definition) is 1. The summed E-state index contributed by atoms with van der Waals surface area (Å²) in [6.07, 6.45) is 9.14. The highest BCUT2D eigenvalue weighted by Crippen LogP contribution is 2.47. The Balaban J connectivity index is 1.71. The van der Waals surface area contributed by atoms with Crippen LogP contribution in [0.25, 0.3) is 0 Å². The first-order valence-electron chi connectivity index (χ1n) is 9.94. The number of benzene rings is 1. The van der Waals surface area contributed by atoms with Crippen molar-refractivity contribution in [3.63, 3.8) is 0 Å². The Labute approximate surface area is 169 Å². The molecule has 0 spiro atoms. The van der Waals surface area contributed by atoms with Crippen LogP contribution in [-0.2, 0) is 5.60 Å². The molecule has 0 aliphatic carbocycles. The molecule has 0 radical (unpaired) electrons. The van der Waals surface area contributed by atoms with Crippen LogP contribution in [0.2, 0.25) is 0 Å². The average Bonchev–Trinajstić information content (AvgIpc) is 3.47. The van der Waals surface area contributed by atoms with Gasteiger partial charge in [-0.25, -0.2) is 0 Å². The lowest BCUT2D eigenvalue weighted by Crippen LogP contribution is -2.44. The Hall–Kier alpha value is -2.96. The fourth-order valence-corrected chi connectivity index (χ4v) is 4.46. The van der Waals surface area contributed by atoms with E-state index in [1.807, 2.05) is 42.5 Å². The number of likely N-dealkylation sites (tertiary alicyclic amines) is 1. The van der Waals surface area contributed by atoms with Crippen LogP contribution in [0, 0.1) is 0 Å². The Morgan fingerprint density at radius 2 is 1.55 bits per heavy atom. The van der Waals surface area contributed by atoms with Gasteiger partial charge in [-0.1, -0.05) is 18.2 Å². The van der Waals surface area contributed by atoms with Gasteiger partial charge in [0, 0.05) is 35.9 Å². The Morgan fingerprint density at radius 1 is 0.897 bits per heavy atom. The standard InChI is InChI=1S/C23H23N3O3/c27-23(18-5-3-9-24-14-18,19-6-4-10-25-15-19)22(26-11-1-2-12-26)17-7-8-20-21(13-17)29-16-28-20/h3-10,13-15,22,27H,1-2,11-12,16H2. The van der Waals surface area contributed by atoms with E-state index >= 15 is 0 Å². The fraction of sp³-hybridized carbons (Fsp3) is 0.304. The van der Waals surface area contributed by atoms with Gasteiger partial charge < -0.3 is 14.6 Å². The highest BCUT2D eigenvalue weighted by Gasteiger charge is 2.45. The summed E-state index contributed by atoms with van der Waals surface area (Å²) in [5.41, 5.74) is 1.14. The minimum atomic E-state index is -1.32. The predicted molar refractivity (Wildman–Crippen MR) is 108 cm³/mol. The quantitative estimate of drug-likeness (QED) is 0.722. The SMILES string of the molecule is OC(c1cccnc1)(c1cccnc1)C(c1ccc2c(c1)OCO2)N1CCCC1.